The third-order valence-electron chi connectivity index (χ3n) is 3.63. The number of para-hydroxylation sites is 1. The Kier molecular flexibility index (Phi) is 3.33. The van der Waals surface area contributed by atoms with Crippen molar-refractivity contribution >= 4 is 11.3 Å². The van der Waals surface area contributed by atoms with Crippen LogP contribution in [0.5, 0.6) is 5.75 Å². The van der Waals surface area contributed by atoms with Gasteiger partial charge in [-0.25, -0.2) is 0 Å². The summed E-state index contributed by atoms with van der Waals surface area (Å²) >= 11 is 1.73. The molecule has 1 aliphatic rings. The standard InChI is InChI=1S/C16H18O2S/c1-10-9-14(11(2)19-10)15(17)13-7-3-5-12-6-4-8-18-16(12)13/h3,5,7,9,15,17H,4,6,8H2,1-2H3. The fourth-order valence-electron chi connectivity index (χ4n) is 2.72. The highest BCUT2D eigenvalue weighted by Gasteiger charge is 2.22. The monoisotopic (exact) mass is 274 g/mol. The molecule has 1 atom stereocenters. The lowest BCUT2D eigenvalue weighted by atomic mass is 9.96. The van der Waals surface area contributed by atoms with Gasteiger partial charge in [0.05, 0.1) is 6.61 Å². The third kappa shape index (κ3) is 2.28. The first-order valence-corrected chi connectivity index (χ1v) is 7.48. The molecule has 0 aliphatic carbocycles. The Hall–Kier alpha value is -1.32. The van der Waals surface area contributed by atoms with Gasteiger partial charge in [-0.1, -0.05) is 18.2 Å². The highest BCUT2D eigenvalue weighted by atomic mass is 32.1. The Morgan fingerprint density at radius 3 is 2.84 bits per heavy atom. The van der Waals surface area contributed by atoms with Gasteiger partial charge in [-0.05, 0) is 43.9 Å². The lowest BCUT2D eigenvalue weighted by molar-refractivity contribution is 0.206. The van der Waals surface area contributed by atoms with Crippen molar-refractivity contribution in [1.29, 1.82) is 0 Å². The molecule has 0 bridgehead atoms. The zero-order valence-corrected chi connectivity index (χ0v) is 12.1. The molecule has 1 aliphatic heterocycles. The Bertz CT molecular complexity index is 601. The number of aliphatic hydroxyl groups is 1. The van der Waals surface area contributed by atoms with Gasteiger partial charge in [-0.3, -0.25) is 0 Å². The van der Waals surface area contributed by atoms with Crippen LogP contribution in [0.1, 0.15) is 39.0 Å². The van der Waals surface area contributed by atoms with Crippen LogP contribution in [0.4, 0.5) is 0 Å². The van der Waals surface area contributed by atoms with Crippen LogP contribution in [0.15, 0.2) is 24.3 Å². The fourth-order valence-corrected chi connectivity index (χ4v) is 3.68. The van der Waals surface area contributed by atoms with E-state index < -0.39 is 6.10 Å². The van der Waals surface area contributed by atoms with Crippen molar-refractivity contribution in [2.24, 2.45) is 0 Å². The lowest BCUT2D eigenvalue weighted by Crippen LogP contribution is -2.12. The summed E-state index contributed by atoms with van der Waals surface area (Å²) in [6.45, 7) is 4.88. The summed E-state index contributed by atoms with van der Waals surface area (Å²) in [7, 11) is 0. The molecule has 19 heavy (non-hydrogen) atoms. The van der Waals surface area contributed by atoms with E-state index in [4.69, 9.17) is 4.74 Å². The molecule has 1 aromatic heterocycles. The molecule has 2 nitrogen and oxygen atoms in total. The average Bonchev–Trinajstić information content (AvgIpc) is 2.76. The van der Waals surface area contributed by atoms with Crippen molar-refractivity contribution in [3.63, 3.8) is 0 Å². The fraction of sp³-hybridized carbons (Fsp3) is 0.375. The van der Waals surface area contributed by atoms with Crippen molar-refractivity contribution in [1.82, 2.24) is 0 Å². The maximum Gasteiger partial charge on any atom is 0.128 e. The SMILES string of the molecule is Cc1cc(C(O)c2cccc3c2OCCC3)c(C)s1. The quantitative estimate of drug-likeness (QED) is 0.903. The second-order valence-corrected chi connectivity index (χ2v) is 6.52. The maximum absolute atomic E-state index is 10.7. The lowest BCUT2D eigenvalue weighted by Gasteiger charge is -2.22. The zero-order valence-electron chi connectivity index (χ0n) is 11.3. The van der Waals surface area contributed by atoms with Crippen LogP contribution in [0.3, 0.4) is 0 Å². The van der Waals surface area contributed by atoms with Gasteiger partial charge in [0.1, 0.15) is 11.9 Å². The summed E-state index contributed by atoms with van der Waals surface area (Å²) in [6, 6.07) is 8.16. The molecule has 1 unspecified atom stereocenters. The summed E-state index contributed by atoms with van der Waals surface area (Å²) in [4.78, 5) is 2.41. The largest absolute Gasteiger partial charge is 0.493 e. The van der Waals surface area contributed by atoms with Crippen molar-refractivity contribution in [3.05, 3.63) is 50.7 Å². The zero-order chi connectivity index (χ0) is 13.4. The number of aliphatic hydroxyl groups excluding tert-OH is 1. The van der Waals surface area contributed by atoms with E-state index in [0.717, 1.165) is 36.3 Å². The van der Waals surface area contributed by atoms with E-state index in [9.17, 15) is 5.11 Å². The van der Waals surface area contributed by atoms with E-state index in [-0.39, 0.29) is 0 Å². The second-order valence-electron chi connectivity index (χ2n) is 5.06. The normalized spacial score (nSPS) is 15.7. The number of rotatable bonds is 2. The topological polar surface area (TPSA) is 29.5 Å². The first-order chi connectivity index (χ1) is 9.16. The molecular formula is C16H18O2S. The third-order valence-corrected chi connectivity index (χ3v) is 4.61. The van der Waals surface area contributed by atoms with Crippen molar-refractivity contribution in [2.75, 3.05) is 6.61 Å². The number of fused-ring (bicyclic) bond motifs is 1. The predicted octanol–water partition coefficient (Wildman–Crippen LogP) is 3.77. The number of benzene rings is 1. The molecule has 0 saturated carbocycles. The van der Waals surface area contributed by atoms with Crippen LogP contribution in [0.2, 0.25) is 0 Å². The van der Waals surface area contributed by atoms with Gasteiger partial charge in [0, 0.05) is 15.3 Å². The minimum atomic E-state index is -0.585. The molecule has 0 amide bonds. The number of aryl methyl sites for hydroxylation is 3. The first-order valence-electron chi connectivity index (χ1n) is 6.66. The van der Waals surface area contributed by atoms with E-state index in [0.29, 0.717) is 0 Å². The number of hydrogen-bond donors (Lipinski definition) is 1. The molecule has 2 aromatic rings. The van der Waals surface area contributed by atoms with E-state index in [2.05, 4.69) is 26.0 Å². The Morgan fingerprint density at radius 1 is 1.26 bits per heavy atom. The van der Waals surface area contributed by atoms with Gasteiger partial charge in [0.2, 0.25) is 0 Å². The molecule has 0 fully saturated rings. The summed E-state index contributed by atoms with van der Waals surface area (Å²) in [5.74, 6) is 0.893. The molecule has 3 heteroatoms. The Labute approximate surface area is 117 Å². The molecule has 0 radical (unpaired) electrons. The Balaban J connectivity index is 2.04. The van der Waals surface area contributed by atoms with Crippen molar-refractivity contribution in [3.8, 4) is 5.75 Å². The second kappa shape index (κ2) is 4.99. The molecule has 3 rings (SSSR count). The van der Waals surface area contributed by atoms with Crippen LogP contribution in [0.25, 0.3) is 0 Å². The van der Waals surface area contributed by atoms with Crippen LogP contribution in [-0.2, 0) is 6.42 Å². The molecular weight excluding hydrogens is 256 g/mol. The van der Waals surface area contributed by atoms with Crippen LogP contribution >= 0.6 is 11.3 Å². The smallest absolute Gasteiger partial charge is 0.128 e. The van der Waals surface area contributed by atoms with Crippen LogP contribution in [0, 0.1) is 13.8 Å². The van der Waals surface area contributed by atoms with Gasteiger partial charge >= 0.3 is 0 Å². The molecule has 100 valence electrons. The number of hydrogen-bond acceptors (Lipinski definition) is 3. The highest BCUT2D eigenvalue weighted by molar-refractivity contribution is 7.12. The molecule has 1 aromatic carbocycles. The van der Waals surface area contributed by atoms with E-state index in [1.165, 1.54) is 15.3 Å². The summed E-state index contributed by atoms with van der Waals surface area (Å²) in [5.41, 5.74) is 3.12. The van der Waals surface area contributed by atoms with Gasteiger partial charge in [-0.2, -0.15) is 0 Å². The number of ether oxygens (including phenoxy) is 1. The first kappa shape index (κ1) is 12.7. The van der Waals surface area contributed by atoms with Gasteiger partial charge in [0.25, 0.3) is 0 Å². The maximum atomic E-state index is 10.7. The van der Waals surface area contributed by atoms with E-state index in [1.807, 2.05) is 12.1 Å². The summed E-state index contributed by atoms with van der Waals surface area (Å²) in [5, 5.41) is 10.7. The van der Waals surface area contributed by atoms with Crippen LogP contribution in [-0.4, -0.2) is 11.7 Å². The van der Waals surface area contributed by atoms with Crippen LogP contribution < -0.4 is 4.74 Å². The van der Waals surface area contributed by atoms with Crippen molar-refractivity contribution < 1.29 is 9.84 Å². The Morgan fingerprint density at radius 2 is 2.11 bits per heavy atom. The molecule has 0 saturated heterocycles. The number of thiophene rings is 1. The van der Waals surface area contributed by atoms with Gasteiger partial charge in [0.15, 0.2) is 0 Å². The average molecular weight is 274 g/mol. The molecule has 1 N–H and O–H groups in total. The molecule has 0 spiro atoms. The summed E-state index contributed by atoms with van der Waals surface area (Å²) in [6.07, 6.45) is 1.51. The van der Waals surface area contributed by atoms with E-state index >= 15 is 0 Å². The highest BCUT2D eigenvalue weighted by Crippen LogP contribution is 2.38. The summed E-state index contributed by atoms with van der Waals surface area (Å²) < 4.78 is 5.79. The van der Waals surface area contributed by atoms with Crippen molar-refractivity contribution in [2.45, 2.75) is 32.8 Å². The molecule has 2 heterocycles. The van der Waals surface area contributed by atoms with E-state index in [1.54, 1.807) is 11.3 Å². The predicted molar refractivity (Wildman–Crippen MR) is 78.1 cm³/mol. The van der Waals surface area contributed by atoms with Gasteiger partial charge in [-0.15, -0.1) is 11.3 Å². The minimum Gasteiger partial charge on any atom is -0.493 e. The minimum absolute atomic E-state index is 0.585. The van der Waals surface area contributed by atoms with Gasteiger partial charge < -0.3 is 9.84 Å².